The van der Waals surface area contributed by atoms with Crippen molar-refractivity contribution in [2.45, 2.75) is 30.7 Å². The van der Waals surface area contributed by atoms with Gasteiger partial charge in [0.1, 0.15) is 10.8 Å². The van der Waals surface area contributed by atoms with Crippen LogP contribution in [0, 0.1) is 5.82 Å². The molecule has 0 saturated carbocycles. The lowest BCUT2D eigenvalue weighted by Crippen LogP contribution is -2.22. The van der Waals surface area contributed by atoms with Crippen molar-refractivity contribution in [3.8, 4) is 11.4 Å². The monoisotopic (exact) mass is 392 g/mol. The first kappa shape index (κ1) is 18.5. The van der Waals surface area contributed by atoms with E-state index < -0.39 is 5.25 Å². The number of benzene rings is 1. The maximum atomic E-state index is 13.1. The molecule has 7 nitrogen and oxygen atoms in total. The van der Waals surface area contributed by atoms with Gasteiger partial charge in [0.15, 0.2) is 11.0 Å². The van der Waals surface area contributed by atoms with Crippen LogP contribution in [0.1, 0.15) is 18.9 Å². The SMILES string of the molecule is CCc1nnc(NC(=O)[C@@H](C)Sc2nnc(-c3ccc(F)cc3)n2C)s1. The van der Waals surface area contributed by atoms with Crippen LogP contribution >= 0.6 is 23.1 Å². The number of nitrogens with zero attached hydrogens (tertiary/aromatic N) is 5. The molecule has 10 heteroatoms. The van der Waals surface area contributed by atoms with Crippen molar-refractivity contribution >= 4 is 34.1 Å². The Morgan fingerprint density at radius 2 is 2.00 bits per heavy atom. The Hall–Kier alpha value is -2.33. The molecule has 26 heavy (non-hydrogen) atoms. The molecule has 0 aliphatic carbocycles. The first-order chi connectivity index (χ1) is 12.5. The van der Waals surface area contributed by atoms with Crippen LogP contribution in [0.2, 0.25) is 0 Å². The fraction of sp³-hybridized carbons (Fsp3) is 0.312. The molecule has 1 atom stereocenters. The summed E-state index contributed by atoms with van der Waals surface area (Å²) >= 11 is 2.65. The van der Waals surface area contributed by atoms with Gasteiger partial charge in [-0.3, -0.25) is 10.1 Å². The Balaban J connectivity index is 1.68. The molecule has 1 N–H and O–H groups in total. The highest BCUT2D eigenvalue weighted by Gasteiger charge is 2.20. The summed E-state index contributed by atoms with van der Waals surface area (Å²) in [6.07, 6.45) is 0.781. The standard InChI is InChI=1S/C16H17FN6OS2/c1-4-12-19-21-15(26-12)18-14(24)9(2)25-16-22-20-13(23(16)3)10-5-7-11(17)8-6-10/h5-9H,4H2,1-3H3,(H,18,21,24)/t9-/m1/s1. The van der Waals surface area contributed by atoms with E-state index in [1.807, 2.05) is 14.0 Å². The third kappa shape index (κ3) is 4.07. The maximum Gasteiger partial charge on any atom is 0.239 e. The molecule has 2 heterocycles. The number of aromatic nitrogens is 5. The molecule has 0 saturated heterocycles. The van der Waals surface area contributed by atoms with E-state index in [1.54, 1.807) is 23.6 Å². The van der Waals surface area contributed by atoms with Crippen LogP contribution in [0.15, 0.2) is 29.4 Å². The number of thioether (sulfide) groups is 1. The van der Waals surface area contributed by atoms with E-state index >= 15 is 0 Å². The van der Waals surface area contributed by atoms with Crippen molar-refractivity contribution in [2.75, 3.05) is 5.32 Å². The number of halogens is 1. The lowest BCUT2D eigenvalue weighted by molar-refractivity contribution is -0.115. The van der Waals surface area contributed by atoms with Crippen molar-refractivity contribution in [1.29, 1.82) is 0 Å². The number of nitrogens with one attached hydrogen (secondary N) is 1. The molecule has 2 aromatic heterocycles. The zero-order valence-corrected chi connectivity index (χ0v) is 16.1. The topological polar surface area (TPSA) is 85.6 Å². The number of carbonyl (C=O) groups excluding carboxylic acids is 1. The van der Waals surface area contributed by atoms with Gasteiger partial charge in [-0.1, -0.05) is 30.0 Å². The van der Waals surface area contributed by atoms with Crippen molar-refractivity contribution in [2.24, 2.45) is 7.05 Å². The quantitative estimate of drug-likeness (QED) is 0.649. The van der Waals surface area contributed by atoms with Crippen LogP contribution in [-0.4, -0.2) is 36.1 Å². The Morgan fingerprint density at radius 1 is 1.27 bits per heavy atom. The fourth-order valence-electron chi connectivity index (χ4n) is 2.13. The van der Waals surface area contributed by atoms with Crippen LogP contribution in [0.4, 0.5) is 9.52 Å². The van der Waals surface area contributed by atoms with E-state index in [1.165, 1.54) is 35.2 Å². The van der Waals surface area contributed by atoms with Crippen LogP contribution in [0.3, 0.4) is 0 Å². The van der Waals surface area contributed by atoms with Crippen molar-refractivity contribution in [1.82, 2.24) is 25.0 Å². The van der Waals surface area contributed by atoms with Gasteiger partial charge in [-0.2, -0.15) is 0 Å². The second-order valence-electron chi connectivity index (χ2n) is 5.48. The van der Waals surface area contributed by atoms with Gasteiger partial charge in [0, 0.05) is 12.6 Å². The number of amides is 1. The average molecular weight is 392 g/mol. The van der Waals surface area contributed by atoms with Crippen molar-refractivity contribution in [3.63, 3.8) is 0 Å². The van der Waals surface area contributed by atoms with Gasteiger partial charge in [-0.25, -0.2) is 4.39 Å². The lowest BCUT2D eigenvalue weighted by atomic mass is 10.2. The zero-order valence-electron chi connectivity index (χ0n) is 14.4. The highest BCUT2D eigenvalue weighted by Crippen LogP contribution is 2.26. The van der Waals surface area contributed by atoms with E-state index in [9.17, 15) is 9.18 Å². The van der Waals surface area contributed by atoms with E-state index in [2.05, 4.69) is 25.7 Å². The Labute approximate surface area is 158 Å². The summed E-state index contributed by atoms with van der Waals surface area (Å²) in [5, 5.41) is 20.5. The van der Waals surface area contributed by atoms with Gasteiger partial charge < -0.3 is 4.57 Å². The van der Waals surface area contributed by atoms with Crippen LogP contribution in [0.5, 0.6) is 0 Å². The lowest BCUT2D eigenvalue weighted by Gasteiger charge is -2.10. The second kappa shape index (κ2) is 7.92. The summed E-state index contributed by atoms with van der Waals surface area (Å²) in [7, 11) is 1.81. The molecule has 0 spiro atoms. The second-order valence-corrected chi connectivity index (χ2v) is 7.85. The Kier molecular flexibility index (Phi) is 5.62. The first-order valence-electron chi connectivity index (χ1n) is 7.93. The zero-order chi connectivity index (χ0) is 18.7. The van der Waals surface area contributed by atoms with E-state index in [4.69, 9.17) is 0 Å². The predicted molar refractivity (Wildman–Crippen MR) is 99.6 cm³/mol. The van der Waals surface area contributed by atoms with Gasteiger partial charge in [0.05, 0.1) is 5.25 Å². The summed E-state index contributed by atoms with van der Waals surface area (Å²) in [5.74, 6) is 0.121. The largest absolute Gasteiger partial charge is 0.305 e. The molecule has 3 aromatic rings. The van der Waals surface area contributed by atoms with E-state index in [0.29, 0.717) is 16.1 Å². The van der Waals surface area contributed by atoms with Crippen LogP contribution in [-0.2, 0) is 18.3 Å². The number of hydrogen-bond donors (Lipinski definition) is 1. The number of anilines is 1. The molecule has 1 amide bonds. The number of rotatable bonds is 6. The molecule has 0 aliphatic rings. The van der Waals surface area contributed by atoms with Crippen LogP contribution in [0.25, 0.3) is 11.4 Å². The molecule has 0 unspecified atom stereocenters. The minimum Gasteiger partial charge on any atom is -0.305 e. The normalized spacial score (nSPS) is 12.2. The predicted octanol–water partition coefficient (Wildman–Crippen LogP) is 3.15. The third-order valence-corrected chi connectivity index (χ3v) is 5.71. The minimum atomic E-state index is -0.395. The summed E-state index contributed by atoms with van der Waals surface area (Å²) in [5.41, 5.74) is 0.756. The first-order valence-corrected chi connectivity index (χ1v) is 9.62. The molecular formula is C16H17FN6OS2. The summed E-state index contributed by atoms with van der Waals surface area (Å²) in [6.45, 7) is 3.77. The van der Waals surface area contributed by atoms with Gasteiger partial charge in [-0.05, 0) is 37.6 Å². The summed E-state index contributed by atoms with van der Waals surface area (Å²) in [4.78, 5) is 12.3. The molecule has 136 valence electrons. The number of aryl methyl sites for hydroxylation is 1. The molecule has 0 bridgehead atoms. The molecule has 0 fully saturated rings. The molecule has 0 radical (unpaired) electrons. The van der Waals surface area contributed by atoms with Gasteiger partial charge in [0.2, 0.25) is 11.0 Å². The third-order valence-electron chi connectivity index (χ3n) is 3.59. The number of carbonyl (C=O) groups is 1. The highest BCUT2D eigenvalue weighted by atomic mass is 32.2. The van der Waals surface area contributed by atoms with E-state index in [-0.39, 0.29) is 11.7 Å². The average Bonchev–Trinajstić information content (AvgIpc) is 3.23. The van der Waals surface area contributed by atoms with Gasteiger partial charge in [-0.15, -0.1) is 20.4 Å². The van der Waals surface area contributed by atoms with Gasteiger partial charge >= 0.3 is 0 Å². The van der Waals surface area contributed by atoms with Crippen molar-refractivity contribution < 1.29 is 9.18 Å². The van der Waals surface area contributed by atoms with E-state index in [0.717, 1.165) is 17.0 Å². The smallest absolute Gasteiger partial charge is 0.239 e. The molecular weight excluding hydrogens is 375 g/mol. The Morgan fingerprint density at radius 3 is 2.65 bits per heavy atom. The fourth-order valence-corrected chi connectivity index (χ4v) is 3.63. The molecule has 3 rings (SSSR count). The Bertz CT molecular complexity index is 908. The highest BCUT2D eigenvalue weighted by molar-refractivity contribution is 8.00. The minimum absolute atomic E-state index is 0.180. The summed E-state index contributed by atoms with van der Waals surface area (Å²) < 4.78 is 14.9. The van der Waals surface area contributed by atoms with Crippen LogP contribution < -0.4 is 5.32 Å². The summed E-state index contributed by atoms with van der Waals surface area (Å²) in [6, 6.07) is 6.04. The molecule has 0 aliphatic heterocycles. The van der Waals surface area contributed by atoms with Gasteiger partial charge in [0.25, 0.3) is 0 Å². The maximum absolute atomic E-state index is 13.1. The van der Waals surface area contributed by atoms with Crippen molar-refractivity contribution in [3.05, 3.63) is 35.1 Å². The molecule has 1 aromatic carbocycles. The number of hydrogen-bond acceptors (Lipinski definition) is 7.